The molecule has 3 heteroatoms. The molecule has 1 aromatic rings. The number of ether oxygens (including phenoxy) is 1. The van der Waals surface area contributed by atoms with E-state index >= 15 is 0 Å². The van der Waals surface area contributed by atoms with E-state index in [1.54, 1.807) is 0 Å². The van der Waals surface area contributed by atoms with Crippen LogP contribution in [0.5, 0.6) is 5.75 Å². The maximum absolute atomic E-state index is 6.30. The fraction of sp³-hybridized carbons (Fsp3) is 0.667. The lowest BCUT2D eigenvalue weighted by molar-refractivity contribution is -0.0858. The van der Waals surface area contributed by atoms with Gasteiger partial charge in [-0.25, -0.2) is 0 Å². The van der Waals surface area contributed by atoms with E-state index in [-0.39, 0.29) is 5.41 Å². The third-order valence-corrected chi connectivity index (χ3v) is 5.57. The van der Waals surface area contributed by atoms with Crippen molar-refractivity contribution in [3.63, 3.8) is 0 Å². The van der Waals surface area contributed by atoms with Gasteiger partial charge in [-0.15, -0.1) is 0 Å². The first kappa shape index (κ1) is 16.6. The van der Waals surface area contributed by atoms with Crippen molar-refractivity contribution in [1.29, 1.82) is 0 Å². The van der Waals surface area contributed by atoms with Gasteiger partial charge in [0.05, 0.1) is 0 Å². The molecule has 0 amide bonds. The third-order valence-electron chi connectivity index (χ3n) is 5.15. The van der Waals surface area contributed by atoms with Crippen LogP contribution in [0.15, 0.2) is 18.2 Å². The Balaban J connectivity index is 2.07. The topological polar surface area (TPSA) is 21.3 Å². The first-order chi connectivity index (χ1) is 10.1. The average molecular weight is 310 g/mol. The SMILES string of the molecule is CCCNC1CC(Oc2ccc(Cl)c(C)c2)C1(CC)CC. The number of halogens is 1. The highest BCUT2D eigenvalue weighted by Crippen LogP contribution is 2.49. The Morgan fingerprint density at radius 3 is 2.57 bits per heavy atom. The normalized spacial score (nSPS) is 23.7. The van der Waals surface area contributed by atoms with E-state index in [0.29, 0.717) is 12.1 Å². The lowest BCUT2D eigenvalue weighted by Crippen LogP contribution is -2.64. The molecule has 1 aliphatic rings. The smallest absolute Gasteiger partial charge is 0.120 e. The number of hydrogen-bond acceptors (Lipinski definition) is 2. The molecule has 0 radical (unpaired) electrons. The molecule has 0 bridgehead atoms. The molecule has 2 atom stereocenters. The predicted molar refractivity (Wildman–Crippen MR) is 90.3 cm³/mol. The second kappa shape index (κ2) is 7.02. The minimum absolute atomic E-state index is 0.267. The van der Waals surface area contributed by atoms with Crippen molar-refractivity contribution in [2.45, 2.75) is 65.5 Å². The molecule has 1 saturated carbocycles. The van der Waals surface area contributed by atoms with Crippen molar-refractivity contribution < 1.29 is 4.74 Å². The van der Waals surface area contributed by atoms with Crippen molar-refractivity contribution >= 4 is 11.6 Å². The third kappa shape index (κ3) is 3.22. The van der Waals surface area contributed by atoms with Gasteiger partial charge in [-0.2, -0.15) is 0 Å². The van der Waals surface area contributed by atoms with Crippen molar-refractivity contribution in [3.05, 3.63) is 28.8 Å². The van der Waals surface area contributed by atoms with Crippen molar-refractivity contribution in [2.75, 3.05) is 6.54 Å². The van der Waals surface area contributed by atoms with E-state index in [1.165, 1.54) is 6.42 Å². The summed E-state index contributed by atoms with van der Waals surface area (Å²) in [7, 11) is 0. The van der Waals surface area contributed by atoms with Crippen molar-refractivity contribution in [3.8, 4) is 5.75 Å². The van der Waals surface area contributed by atoms with Gasteiger partial charge in [-0.3, -0.25) is 0 Å². The van der Waals surface area contributed by atoms with E-state index in [1.807, 2.05) is 25.1 Å². The Morgan fingerprint density at radius 1 is 1.29 bits per heavy atom. The molecule has 2 nitrogen and oxygen atoms in total. The van der Waals surface area contributed by atoms with Gasteiger partial charge in [-0.05, 0) is 56.5 Å². The highest BCUT2D eigenvalue weighted by molar-refractivity contribution is 6.31. The van der Waals surface area contributed by atoms with Gasteiger partial charge in [-0.1, -0.05) is 32.4 Å². The first-order valence-electron chi connectivity index (χ1n) is 8.23. The first-order valence-corrected chi connectivity index (χ1v) is 8.61. The van der Waals surface area contributed by atoms with Crippen molar-refractivity contribution in [1.82, 2.24) is 5.32 Å². The molecule has 0 heterocycles. The molecule has 0 saturated heterocycles. The maximum atomic E-state index is 6.30. The van der Waals surface area contributed by atoms with Gasteiger partial charge in [0.1, 0.15) is 11.9 Å². The van der Waals surface area contributed by atoms with Crippen LogP contribution in [0.3, 0.4) is 0 Å². The molecule has 118 valence electrons. The van der Waals surface area contributed by atoms with Crippen LogP contribution in [-0.4, -0.2) is 18.7 Å². The number of aryl methyl sites for hydroxylation is 1. The molecule has 0 spiro atoms. The fourth-order valence-corrected chi connectivity index (χ4v) is 3.69. The molecule has 2 unspecified atom stereocenters. The Hall–Kier alpha value is -0.730. The monoisotopic (exact) mass is 309 g/mol. The van der Waals surface area contributed by atoms with E-state index in [4.69, 9.17) is 16.3 Å². The molecule has 1 aromatic carbocycles. The Labute approximate surface area is 134 Å². The lowest BCUT2D eigenvalue weighted by Gasteiger charge is -2.55. The molecule has 1 fully saturated rings. The summed E-state index contributed by atoms with van der Waals surface area (Å²) in [6.07, 6.45) is 4.90. The fourth-order valence-electron chi connectivity index (χ4n) is 3.57. The lowest BCUT2D eigenvalue weighted by atomic mass is 9.58. The van der Waals surface area contributed by atoms with Gasteiger partial charge in [0.15, 0.2) is 0 Å². The van der Waals surface area contributed by atoms with Crippen LogP contribution < -0.4 is 10.1 Å². The second-order valence-corrected chi connectivity index (χ2v) is 6.61. The zero-order chi connectivity index (χ0) is 15.5. The molecule has 1 N–H and O–H groups in total. The predicted octanol–water partition coefficient (Wildman–Crippen LogP) is 4.97. The summed E-state index contributed by atoms with van der Waals surface area (Å²) in [6, 6.07) is 6.55. The van der Waals surface area contributed by atoms with Gasteiger partial charge in [0.25, 0.3) is 0 Å². The Bertz CT molecular complexity index is 470. The second-order valence-electron chi connectivity index (χ2n) is 6.20. The summed E-state index contributed by atoms with van der Waals surface area (Å²) < 4.78 is 6.30. The Morgan fingerprint density at radius 2 is 2.00 bits per heavy atom. The molecule has 2 rings (SSSR count). The van der Waals surface area contributed by atoms with Crippen LogP contribution in [0.25, 0.3) is 0 Å². The number of nitrogens with one attached hydrogen (secondary N) is 1. The summed E-state index contributed by atoms with van der Waals surface area (Å²) in [4.78, 5) is 0. The van der Waals surface area contributed by atoms with Crippen LogP contribution >= 0.6 is 11.6 Å². The molecule has 21 heavy (non-hydrogen) atoms. The summed E-state index contributed by atoms with van der Waals surface area (Å²) in [5.74, 6) is 0.946. The van der Waals surface area contributed by atoms with Crippen LogP contribution in [0.4, 0.5) is 0 Å². The number of hydrogen-bond donors (Lipinski definition) is 1. The van der Waals surface area contributed by atoms with Gasteiger partial charge < -0.3 is 10.1 Å². The standard InChI is InChI=1S/C18H28ClNO/c1-5-10-20-16-12-17(18(16,6-2)7-3)21-14-8-9-15(19)13(4)11-14/h8-9,11,16-17,20H,5-7,10,12H2,1-4H3. The van der Waals surface area contributed by atoms with E-state index in [0.717, 1.165) is 42.1 Å². The molecular formula is C18H28ClNO. The minimum atomic E-state index is 0.267. The van der Waals surface area contributed by atoms with E-state index in [2.05, 4.69) is 26.1 Å². The highest BCUT2D eigenvalue weighted by atomic mass is 35.5. The highest BCUT2D eigenvalue weighted by Gasteiger charge is 2.53. The minimum Gasteiger partial charge on any atom is -0.490 e. The quantitative estimate of drug-likeness (QED) is 0.767. The van der Waals surface area contributed by atoms with Crippen LogP contribution in [0.1, 0.15) is 52.0 Å². The Kier molecular flexibility index (Phi) is 5.56. The average Bonchev–Trinajstić information content (AvgIpc) is 2.47. The van der Waals surface area contributed by atoms with E-state index < -0.39 is 0 Å². The number of rotatable bonds is 7. The summed E-state index contributed by atoms with van der Waals surface area (Å²) in [6.45, 7) is 9.91. The zero-order valence-electron chi connectivity index (χ0n) is 13.7. The summed E-state index contributed by atoms with van der Waals surface area (Å²) >= 11 is 6.09. The van der Waals surface area contributed by atoms with Gasteiger partial charge in [0.2, 0.25) is 0 Å². The molecule has 0 aromatic heterocycles. The molecular weight excluding hydrogens is 282 g/mol. The summed E-state index contributed by atoms with van der Waals surface area (Å²) in [5, 5.41) is 4.50. The maximum Gasteiger partial charge on any atom is 0.120 e. The molecule has 0 aliphatic heterocycles. The largest absolute Gasteiger partial charge is 0.490 e. The van der Waals surface area contributed by atoms with Gasteiger partial charge >= 0.3 is 0 Å². The molecule has 1 aliphatic carbocycles. The summed E-state index contributed by atoms with van der Waals surface area (Å²) in [5.41, 5.74) is 1.34. The van der Waals surface area contributed by atoms with Gasteiger partial charge in [0, 0.05) is 22.9 Å². The van der Waals surface area contributed by atoms with Crippen LogP contribution in [0.2, 0.25) is 5.02 Å². The van der Waals surface area contributed by atoms with Crippen molar-refractivity contribution in [2.24, 2.45) is 5.41 Å². The zero-order valence-corrected chi connectivity index (χ0v) is 14.5. The van der Waals surface area contributed by atoms with E-state index in [9.17, 15) is 0 Å². The van der Waals surface area contributed by atoms with Crippen LogP contribution in [-0.2, 0) is 0 Å². The number of benzene rings is 1. The van der Waals surface area contributed by atoms with Crippen LogP contribution in [0, 0.1) is 12.3 Å².